The van der Waals surface area contributed by atoms with E-state index in [2.05, 4.69) is 0 Å². The molecule has 0 radical (unpaired) electrons. The summed E-state index contributed by atoms with van der Waals surface area (Å²) in [6.07, 6.45) is 0.536. The van der Waals surface area contributed by atoms with Crippen molar-refractivity contribution < 1.29 is 24.7 Å². The zero-order valence-corrected chi connectivity index (χ0v) is 18.2. The average molecular weight is 460 g/mol. The first-order chi connectivity index (χ1) is 15.1. The minimum atomic E-state index is -1.06. The lowest BCUT2D eigenvalue weighted by Crippen LogP contribution is -2.32. The molecule has 0 saturated carbocycles. The van der Waals surface area contributed by atoms with Crippen LogP contribution in [0.15, 0.2) is 48.0 Å². The number of likely N-dealkylation sites (tertiary alicyclic amines) is 1. The van der Waals surface area contributed by atoms with E-state index in [4.69, 9.17) is 11.6 Å². The zero-order chi connectivity index (χ0) is 23.6. The summed E-state index contributed by atoms with van der Waals surface area (Å²) in [6, 6.07) is 8.44. The molecule has 1 saturated heterocycles. The van der Waals surface area contributed by atoms with E-state index in [-0.39, 0.29) is 34.1 Å². The number of nitrogens with zero attached hydrogens (tertiary/aromatic N) is 3. The van der Waals surface area contributed by atoms with Crippen molar-refractivity contribution in [1.29, 1.82) is 0 Å². The Hall–Kier alpha value is -3.43. The molecule has 9 nitrogen and oxygen atoms in total. The van der Waals surface area contributed by atoms with Crippen LogP contribution in [-0.2, 0) is 9.59 Å². The molecular weight excluding hydrogens is 438 g/mol. The van der Waals surface area contributed by atoms with Crippen LogP contribution >= 0.6 is 11.6 Å². The number of phenols is 1. The Morgan fingerprint density at radius 1 is 1.22 bits per heavy atom. The fraction of sp³-hybridized carbons (Fsp3) is 0.273. The van der Waals surface area contributed by atoms with Gasteiger partial charge in [0.2, 0.25) is 0 Å². The Morgan fingerprint density at radius 2 is 1.94 bits per heavy atom. The molecule has 1 atom stereocenters. The van der Waals surface area contributed by atoms with Crippen LogP contribution in [0.1, 0.15) is 23.6 Å². The Kier molecular flexibility index (Phi) is 6.81. The number of nitro benzene ring substituents is 1. The van der Waals surface area contributed by atoms with E-state index in [1.54, 1.807) is 6.07 Å². The molecule has 1 heterocycles. The van der Waals surface area contributed by atoms with Gasteiger partial charge >= 0.3 is 0 Å². The van der Waals surface area contributed by atoms with Gasteiger partial charge in [0.15, 0.2) is 0 Å². The number of amides is 1. The molecule has 10 heteroatoms. The Bertz CT molecular complexity index is 1110. The van der Waals surface area contributed by atoms with Crippen LogP contribution in [-0.4, -0.2) is 63.8 Å². The summed E-state index contributed by atoms with van der Waals surface area (Å²) in [5, 5.41) is 32.7. The number of halogens is 1. The minimum Gasteiger partial charge on any atom is -0.507 e. The number of benzene rings is 2. The predicted molar refractivity (Wildman–Crippen MR) is 118 cm³/mol. The lowest BCUT2D eigenvalue weighted by Gasteiger charge is -2.26. The van der Waals surface area contributed by atoms with E-state index in [0.717, 1.165) is 0 Å². The van der Waals surface area contributed by atoms with Crippen LogP contribution in [0.2, 0.25) is 5.02 Å². The second-order valence-electron chi connectivity index (χ2n) is 7.66. The second-order valence-corrected chi connectivity index (χ2v) is 8.10. The number of aromatic hydroxyl groups is 1. The number of aliphatic hydroxyl groups is 1. The van der Waals surface area contributed by atoms with E-state index in [1.165, 1.54) is 41.3 Å². The van der Waals surface area contributed by atoms with Crippen LogP contribution in [0.5, 0.6) is 5.75 Å². The molecule has 2 aromatic rings. The highest BCUT2D eigenvalue weighted by atomic mass is 35.5. The van der Waals surface area contributed by atoms with Gasteiger partial charge in [-0.25, -0.2) is 0 Å². The van der Waals surface area contributed by atoms with Gasteiger partial charge in [-0.3, -0.25) is 19.7 Å². The van der Waals surface area contributed by atoms with Gasteiger partial charge in [0.1, 0.15) is 11.5 Å². The van der Waals surface area contributed by atoms with E-state index in [0.29, 0.717) is 18.5 Å². The number of hydrogen-bond acceptors (Lipinski definition) is 7. The standard InChI is InChI=1S/C22H22ClN3O6/c1-24(2)9-4-10-25-19(13-5-3-6-15(11-13)26(31)32)18(21(29)22(25)30)20(28)16-12-14(23)7-8-17(16)27/h3,5-8,11-12,19,27-28H,4,9-10H2,1-2H3. The highest BCUT2D eigenvalue weighted by Gasteiger charge is 2.46. The second kappa shape index (κ2) is 9.37. The number of phenolic OH excluding ortho intramolecular Hbond substituents is 1. The fourth-order valence-corrected chi connectivity index (χ4v) is 3.84. The topological polar surface area (TPSA) is 124 Å². The van der Waals surface area contributed by atoms with Gasteiger partial charge in [-0.15, -0.1) is 0 Å². The Balaban J connectivity index is 2.18. The summed E-state index contributed by atoms with van der Waals surface area (Å²) in [5.41, 5.74) is -0.296. The molecule has 0 bridgehead atoms. The number of non-ortho nitro benzene ring substituents is 1. The van der Waals surface area contributed by atoms with Gasteiger partial charge in [0.05, 0.1) is 22.1 Å². The average Bonchev–Trinajstić information content (AvgIpc) is 2.99. The highest BCUT2D eigenvalue weighted by molar-refractivity contribution is 6.46. The Labute approximate surface area is 189 Å². The number of ketones is 1. The van der Waals surface area contributed by atoms with Gasteiger partial charge < -0.3 is 20.0 Å². The van der Waals surface area contributed by atoms with Crippen molar-refractivity contribution in [3.8, 4) is 5.75 Å². The Morgan fingerprint density at radius 3 is 2.59 bits per heavy atom. The van der Waals surface area contributed by atoms with Crippen molar-refractivity contribution in [2.24, 2.45) is 0 Å². The molecule has 32 heavy (non-hydrogen) atoms. The fourth-order valence-electron chi connectivity index (χ4n) is 3.67. The molecule has 2 N–H and O–H groups in total. The maximum absolute atomic E-state index is 13.0. The van der Waals surface area contributed by atoms with Crippen LogP contribution in [0.3, 0.4) is 0 Å². The number of Topliss-reactive ketones (excluding diaryl/α,β-unsaturated/α-hetero) is 1. The molecule has 2 aromatic carbocycles. The van der Waals surface area contributed by atoms with Crippen LogP contribution < -0.4 is 0 Å². The highest BCUT2D eigenvalue weighted by Crippen LogP contribution is 2.41. The van der Waals surface area contributed by atoms with E-state index in [9.17, 15) is 29.9 Å². The van der Waals surface area contributed by atoms with Crippen LogP contribution in [0.25, 0.3) is 5.76 Å². The summed E-state index contributed by atoms with van der Waals surface area (Å²) in [5.74, 6) is -2.70. The molecule has 1 unspecified atom stereocenters. The lowest BCUT2D eigenvalue weighted by molar-refractivity contribution is -0.384. The van der Waals surface area contributed by atoms with Gasteiger partial charge in [0.25, 0.3) is 17.4 Å². The number of carbonyl (C=O) groups is 2. The molecule has 0 spiro atoms. The van der Waals surface area contributed by atoms with Crippen molar-refractivity contribution >= 4 is 34.7 Å². The largest absolute Gasteiger partial charge is 0.507 e. The monoisotopic (exact) mass is 459 g/mol. The van der Waals surface area contributed by atoms with E-state index in [1.807, 2.05) is 19.0 Å². The summed E-state index contributed by atoms with van der Waals surface area (Å²) in [6.45, 7) is 0.828. The third-order valence-electron chi connectivity index (χ3n) is 5.15. The molecule has 1 amide bonds. The van der Waals surface area contributed by atoms with Crippen molar-refractivity contribution in [2.45, 2.75) is 12.5 Å². The van der Waals surface area contributed by atoms with Gasteiger partial charge in [-0.05, 0) is 50.8 Å². The lowest BCUT2D eigenvalue weighted by atomic mass is 9.94. The third-order valence-corrected chi connectivity index (χ3v) is 5.39. The maximum atomic E-state index is 13.0. The SMILES string of the molecule is CN(C)CCCN1C(=O)C(=O)C(=C(O)c2cc(Cl)ccc2O)C1c1cccc([N+](=O)[O-])c1. The molecule has 1 fully saturated rings. The summed E-state index contributed by atoms with van der Waals surface area (Å²) in [4.78, 5) is 39.8. The van der Waals surface area contributed by atoms with Crippen molar-refractivity contribution in [3.05, 3.63) is 74.3 Å². The molecule has 168 valence electrons. The number of rotatable bonds is 7. The van der Waals surface area contributed by atoms with E-state index < -0.39 is 28.4 Å². The first kappa shape index (κ1) is 23.2. The van der Waals surface area contributed by atoms with Crippen molar-refractivity contribution in [2.75, 3.05) is 27.2 Å². The molecule has 0 aliphatic carbocycles. The van der Waals surface area contributed by atoms with Crippen LogP contribution in [0.4, 0.5) is 5.69 Å². The molecule has 3 rings (SSSR count). The molecule has 1 aliphatic heterocycles. The molecule has 0 aromatic heterocycles. The predicted octanol–water partition coefficient (Wildman–Crippen LogP) is 3.33. The van der Waals surface area contributed by atoms with Gasteiger partial charge in [-0.2, -0.15) is 0 Å². The minimum absolute atomic E-state index is 0.112. The normalized spacial score (nSPS) is 17.9. The van der Waals surface area contributed by atoms with Crippen molar-refractivity contribution in [1.82, 2.24) is 9.80 Å². The molecular formula is C22H22ClN3O6. The van der Waals surface area contributed by atoms with Gasteiger partial charge in [0, 0.05) is 23.7 Å². The summed E-state index contributed by atoms with van der Waals surface area (Å²) >= 11 is 5.98. The van der Waals surface area contributed by atoms with Crippen LogP contribution in [0, 0.1) is 10.1 Å². The number of hydrogen-bond donors (Lipinski definition) is 2. The zero-order valence-electron chi connectivity index (χ0n) is 17.5. The molecule has 1 aliphatic rings. The quantitative estimate of drug-likeness (QED) is 0.214. The summed E-state index contributed by atoms with van der Waals surface area (Å²) in [7, 11) is 3.74. The smallest absolute Gasteiger partial charge is 0.295 e. The number of carbonyl (C=O) groups excluding carboxylic acids is 2. The third kappa shape index (κ3) is 4.58. The van der Waals surface area contributed by atoms with Gasteiger partial charge in [-0.1, -0.05) is 23.7 Å². The van der Waals surface area contributed by atoms with Crippen molar-refractivity contribution in [3.63, 3.8) is 0 Å². The maximum Gasteiger partial charge on any atom is 0.295 e. The van der Waals surface area contributed by atoms with E-state index >= 15 is 0 Å². The first-order valence-corrected chi connectivity index (χ1v) is 10.2. The summed E-state index contributed by atoms with van der Waals surface area (Å²) < 4.78 is 0. The number of nitro groups is 1. The number of aliphatic hydroxyl groups excluding tert-OH is 1. The first-order valence-electron chi connectivity index (χ1n) is 9.78.